The van der Waals surface area contributed by atoms with Crippen LogP contribution >= 0.6 is 11.6 Å². The quantitative estimate of drug-likeness (QED) is 0.551. The molecule has 0 atom stereocenters. The molecule has 0 spiro atoms. The normalized spacial score (nSPS) is 11.4. The molecular formula is C16H14ClF3N6O2. The molecule has 2 aromatic heterocycles. The van der Waals surface area contributed by atoms with Crippen LogP contribution in [-0.4, -0.2) is 34.4 Å². The van der Waals surface area contributed by atoms with E-state index in [0.29, 0.717) is 11.9 Å². The van der Waals surface area contributed by atoms with E-state index in [-0.39, 0.29) is 35.9 Å². The van der Waals surface area contributed by atoms with Gasteiger partial charge in [-0.2, -0.15) is 23.4 Å². The first-order valence-corrected chi connectivity index (χ1v) is 8.15. The van der Waals surface area contributed by atoms with Gasteiger partial charge < -0.3 is 14.7 Å². The Labute approximate surface area is 162 Å². The number of nitrogens with zero attached hydrogens (tertiary/aromatic N) is 5. The second-order valence-electron chi connectivity index (χ2n) is 5.33. The van der Waals surface area contributed by atoms with Crippen molar-refractivity contribution in [3.8, 4) is 6.07 Å². The van der Waals surface area contributed by atoms with Gasteiger partial charge in [0, 0.05) is 37.6 Å². The van der Waals surface area contributed by atoms with Crippen molar-refractivity contribution < 1.29 is 18.0 Å². The standard InChI is InChI=1S/C16H14ClF3N6O2/c1-28-25-3-2-13-11(7-21)15(27)24-9-26(13)5-4-22-14-12(17)6-10(8-23-14)16(18,19)20/h3,6,8-9H,2,4-5H2,1H3,(H,22,23)/b25-3+. The van der Waals surface area contributed by atoms with Crippen molar-refractivity contribution in [1.29, 1.82) is 5.26 Å². The molecule has 28 heavy (non-hydrogen) atoms. The summed E-state index contributed by atoms with van der Waals surface area (Å²) in [5.41, 5.74) is -1.38. The van der Waals surface area contributed by atoms with Gasteiger partial charge in [-0.25, -0.2) is 4.98 Å². The number of aromatic nitrogens is 3. The van der Waals surface area contributed by atoms with Gasteiger partial charge in [-0.1, -0.05) is 16.8 Å². The summed E-state index contributed by atoms with van der Waals surface area (Å²) in [4.78, 5) is 23.6. The molecule has 12 heteroatoms. The Hall–Kier alpha value is -3.13. The number of hydrogen-bond acceptors (Lipinski definition) is 7. The van der Waals surface area contributed by atoms with Gasteiger partial charge in [-0.05, 0) is 6.07 Å². The van der Waals surface area contributed by atoms with Gasteiger partial charge in [0.05, 0.1) is 16.9 Å². The third kappa shape index (κ3) is 5.20. The molecule has 2 heterocycles. The number of anilines is 1. The predicted molar refractivity (Wildman–Crippen MR) is 95.2 cm³/mol. The largest absolute Gasteiger partial charge is 0.417 e. The van der Waals surface area contributed by atoms with Crippen LogP contribution in [0.4, 0.5) is 19.0 Å². The van der Waals surface area contributed by atoms with Gasteiger partial charge in [-0.3, -0.25) is 4.79 Å². The van der Waals surface area contributed by atoms with E-state index in [0.717, 1.165) is 6.07 Å². The zero-order chi connectivity index (χ0) is 20.7. The zero-order valence-corrected chi connectivity index (χ0v) is 15.3. The Morgan fingerprint density at radius 1 is 1.46 bits per heavy atom. The number of halogens is 4. The van der Waals surface area contributed by atoms with Crippen LogP contribution in [0.5, 0.6) is 0 Å². The van der Waals surface area contributed by atoms with Crippen LogP contribution in [0.25, 0.3) is 0 Å². The minimum absolute atomic E-state index is 0.0756. The van der Waals surface area contributed by atoms with Crippen LogP contribution in [0.3, 0.4) is 0 Å². The number of hydrogen-bond donors (Lipinski definition) is 1. The minimum atomic E-state index is -4.54. The molecule has 0 aliphatic heterocycles. The Morgan fingerprint density at radius 3 is 2.82 bits per heavy atom. The van der Waals surface area contributed by atoms with E-state index >= 15 is 0 Å². The first kappa shape index (κ1) is 21.2. The molecule has 0 bridgehead atoms. The molecule has 0 aromatic carbocycles. The third-order valence-corrected chi connectivity index (χ3v) is 3.84. The van der Waals surface area contributed by atoms with E-state index < -0.39 is 17.3 Å². The van der Waals surface area contributed by atoms with Crippen LogP contribution in [0.1, 0.15) is 16.8 Å². The number of rotatable bonds is 7. The first-order valence-electron chi connectivity index (χ1n) is 7.78. The summed E-state index contributed by atoms with van der Waals surface area (Å²) in [5, 5.41) is 15.4. The summed E-state index contributed by atoms with van der Waals surface area (Å²) >= 11 is 5.84. The zero-order valence-electron chi connectivity index (χ0n) is 14.5. The third-order valence-electron chi connectivity index (χ3n) is 3.55. The Balaban J connectivity index is 2.16. The molecule has 0 saturated carbocycles. The van der Waals surface area contributed by atoms with E-state index in [9.17, 15) is 23.2 Å². The lowest BCUT2D eigenvalue weighted by atomic mass is 10.2. The summed E-state index contributed by atoms with van der Waals surface area (Å²) in [7, 11) is 1.35. The van der Waals surface area contributed by atoms with Crippen molar-refractivity contribution in [2.24, 2.45) is 5.16 Å². The Morgan fingerprint density at radius 2 is 2.21 bits per heavy atom. The summed E-state index contributed by atoms with van der Waals surface area (Å²) in [6.07, 6.45) is -1.07. The highest BCUT2D eigenvalue weighted by Gasteiger charge is 2.31. The van der Waals surface area contributed by atoms with Crippen LogP contribution in [0.2, 0.25) is 5.02 Å². The predicted octanol–water partition coefficient (Wildman–Crippen LogP) is 2.47. The molecular weight excluding hydrogens is 401 g/mol. The van der Waals surface area contributed by atoms with Gasteiger partial charge in [0.1, 0.15) is 24.6 Å². The van der Waals surface area contributed by atoms with Gasteiger partial charge in [0.15, 0.2) is 0 Å². The number of nitrogens with one attached hydrogen (secondary N) is 1. The summed E-state index contributed by atoms with van der Waals surface area (Å²) in [5.74, 6) is 0.0756. The van der Waals surface area contributed by atoms with Crippen molar-refractivity contribution >= 4 is 23.6 Å². The molecule has 148 valence electrons. The number of pyridine rings is 1. The van der Waals surface area contributed by atoms with Crippen molar-refractivity contribution in [2.75, 3.05) is 19.0 Å². The highest BCUT2D eigenvalue weighted by atomic mass is 35.5. The molecule has 0 fully saturated rings. The molecule has 0 aliphatic rings. The van der Waals surface area contributed by atoms with Gasteiger partial charge in [-0.15, -0.1) is 0 Å². The molecule has 0 radical (unpaired) electrons. The molecule has 8 nitrogen and oxygen atoms in total. The van der Waals surface area contributed by atoms with E-state index in [1.807, 2.05) is 6.07 Å². The van der Waals surface area contributed by atoms with Gasteiger partial charge >= 0.3 is 6.18 Å². The van der Waals surface area contributed by atoms with Gasteiger partial charge in [0.2, 0.25) is 0 Å². The lowest BCUT2D eigenvalue weighted by Gasteiger charge is -2.14. The summed E-state index contributed by atoms with van der Waals surface area (Å²) in [6.45, 7) is 0.430. The van der Waals surface area contributed by atoms with E-state index in [1.54, 1.807) is 4.57 Å². The second kappa shape index (κ2) is 9.18. The number of nitriles is 1. The number of alkyl halides is 3. The van der Waals surface area contributed by atoms with Crippen LogP contribution in [-0.2, 0) is 24.0 Å². The van der Waals surface area contributed by atoms with Gasteiger partial charge in [0.25, 0.3) is 5.56 Å². The molecule has 0 aliphatic carbocycles. The Bertz CT molecular complexity index is 968. The maximum atomic E-state index is 12.6. The van der Waals surface area contributed by atoms with Crippen molar-refractivity contribution in [1.82, 2.24) is 14.5 Å². The fourth-order valence-electron chi connectivity index (χ4n) is 2.26. The average Bonchev–Trinajstić information content (AvgIpc) is 2.64. The summed E-state index contributed by atoms with van der Waals surface area (Å²) < 4.78 is 39.5. The molecule has 2 aromatic rings. The van der Waals surface area contributed by atoms with Crippen LogP contribution < -0.4 is 10.9 Å². The maximum Gasteiger partial charge on any atom is 0.417 e. The van der Waals surface area contributed by atoms with Crippen LogP contribution in [0, 0.1) is 11.3 Å². The molecule has 1 N–H and O–H groups in total. The highest BCUT2D eigenvalue weighted by molar-refractivity contribution is 6.32. The minimum Gasteiger partial charge on any atom is -0.399 e. The van der Waals surface area contributed by atoms with Crippen molar-refractivity contribution in [3.05, 3.63) is 50.8 Å². The van der Waals surface area contributed by atoms with E-state index in [2.05, 4.69) is 25.3 Å². The monoisotopic (exact) mass is 414 g/mol. The topological polar surface area (TPSA) is 105 Å². The lowest BCUT2D eigenvalue weighted by Crippen LogP contribution is -2.23. The Kier molecular flexibility index (Phi) is 6.94. The lowest BCUT2D eigenvalue weighted by molar-refractivity contribution is -0.137. The van der Waals surface area contributed by atoms with Crippen molar-refractivity contribution in [2.45, 2.75) is 19.1 Å². The second-order valence-corrected chi connectivity index (χ2v) is 5.74. The molecule has 0 unspecified atom stereocenters. The first-order chi connectivity index (χ1) is 13.3. The fourth-order valence-corrected chi connectivity index (χ4v) is 2.50. The van der Waals surface area contributed by atoms with E-state index in [4.69, 9.17) is 11.6 Å². The molecule has 0 saturated heterocycles. The number of oxime groups is 1. The van der Waals surface area contributed by atoms with Crippen molar-refractivity contribution in [3.63, 3.8) is 0 Å². The van der Waals surface area contributed by atoms with E-state index in [1.165, 1.54) is 19.7 Å². The SMILES string of the molecule is CO/N=C/Cc1c(C#N)c(=O)ncn1CCNc1ncc(C(F)(F)F)cc1Cl. The average molecular weight is 415 g/mol. The summed E-state index contributed by atoms with van der Waals surface area (Å²) in [6, 6.07) is 2.59. The maximum absolute atomic E-state index is 12.6. The molecule has 2 rings (SSSR count). The highest BCUT2D eigenvalue weighted by Crippen LogP contribution is 2.32. The van der Waals surface area contributed by atoms with Crippen LogP contribution in [0.15, 0.2) is 28.5 Å². The molecule has 0 amide bonds. The fraction of sp³-hybridized carbons (Fsp3) is 0.312. The smallest absolute Gasteiger partial charge is 0.399 e.